The van der Waals surface area contributed by atoms with E-state index in [0.29, 0.717) is 27.7 Å². The number of amides is 1. The molecular weight excluding hydrogens is 391 g/mol. The lowest BCUT2D eigenvalue weighted by atomic mass is 10.2. The number of nitrogens with zero attached hydrogens (tertiary/aromatic N) is 3. The number of rotatable bonds is 8. The Hall–Kier alpha value is -2.13. The molecule has 0 bridgehead atoms. The van der Waals surface area contributed by atoms with Crippen LogP contribution in [-0.2, 0) is 0 Å². The van der Waals surface area contributed by atoms with Crippen molar-refractivity contribution in [3.63, 3.8) is 0 Å². The van der Waals surface area contributed by atoms with Crippen molar-refractivity contribution in [1.82, 2.24) is 14.8 Å². The summed E-state index contributed by atoms with van der Waals surface area (Å²) in [6.07, 6.45) is -4.73. The second-order valence-corrected chi connectivity index (χ2v) is 7.26. The first-order valence-electron chi connectivity index (χ1n) is 8.96. The van der Waals surface area contributed by atoms with Crippen LogP contribution in [0.1, 0.15) is 29.2 Å². The number of carbonyl (C=O) groups is 1. The van der Waals surface area contributed by atoms with Crippen molar-refractivity contribution in [3.8, 4) is 16.3 Å². The number of benzene rings is 1. The lowest BCUT2D eigenvalue weighted by molar-refractivity contribution is -0.274. The van der Waals surface area contributed by atoms with E-state index < -0.39 is 6.36 Å². The molecule has 9 heteroatoms. The van der Waals surface area contributed by atoms with Crippen molar-refractivity contribution >= 4 is 17.2 Å². The Morgan fingerprint density at radius 2 is 1.75 bits per heavy atom. The Morgan fingerprint density at radius 1 is 1.14 bits per heavy atom. The van der Waals surface area contributed by atoms with Gasteiger partial charge in [0, 0.05) is 25.7 Å². The maximum atomic E-state index is 12.7. The fourth-order valence-electron chi connectivity index (χ4n) is 2.62. The van der Waals surface area contributed by atoms with Crippen LogP contribution < -0.4 is 4.74 Å². The molecule has 0 radical (unpaired) electrons. The van der Waals surface area contributed by atoms with E-state index in [4.69, 9.17) is 0 Å². The summed E-state index contributed by atoms with van der Waals surface area (Å²) in [5.41, 5.74) is 1.24. The highest BCUT2D eigenvalue weighted by atomic mass is 32.1. The van der Waals surface area contributed by atoms with E-state index in [-0.39, 0.29) is 11.7 Å². The van der Waals surface area contributed by atoms with Crippen LogP contribution in [0.15, 0.2) is 24.3 Å². The van der Waals surface area contributed by atoms with Gasteiger partial charge in [-0.15, -0.1) is 24.5 Å². The number of alkyl halides is 3. The Bertz CT molecular complexity index is 787. The van der Waals surface area contributed by atoms with Crippen LogP contribution >= 0.6 is 11.3 Å². The van der Waals surface area contributed by atoms with Gasteiger partial charge in [-0.3, -0.25) is 4.79 Å². The van der Waals surface area contributed by atoms with E-state index in [1.165, 1.54) is 35.6 Å². The molecular formula is C19H24F3N3O2S. The van der Waals surface area contributed by atoms with Gasteiger partial charge in [-0.25, -0.2) is 4.98 Å². The summed E-state index contributed by atoms with van der Waals surface area (Å²) in [5, 5.41) is 0.580. The lowest BCUT2D eigenvalue weighted by Gasteiger charge is -2.22. The van der Waals surface area contributed by atoms with E-state index in [9.17, 15) is 18.0 Å². The van der Waals surface area contributed by atoms with Crippen molar-refractivity contribution in [2.45, 2.75) is 27.1 Å². The minimum Gasteiger partial charge on any atom is -0.406 e. The molecule has 0 N–H and O–H groups in total. The molecule has 0 aliphatic rings. The van der Waals surface area contributed by atoms with Crippen LogP contribution in [0.2, 0.25) is 0 Å². The van der Waals surface area contributed by atoms with E-state index in [1.54, 1.807) is 18.9 Å². The predicted octanol–water partition coefficient (Wildman–Crippen LogP) is 4.43. The third kappa shape index (κ3) is 5.93. The summed E-state index contributed by atoms with van der Waals surface area (Å²) in [5.74, 6) is -0.401. The zero-order valence-electron chi connectivity index (χ0n) is 16.3. The smallest absolute Gasteiger partial charge is 0.406 e. The monoisotopic (exact) mass is 415 g/mol. The number of aromatic nitrogens is 1. The minimum atomic E-state index is -4.73. The number of halogens is 3. The van der Waals surface area contributed by atoms with Crippen LogP contribution in [-0.4, -0.2) is 60.3 Å². The first-order valence-corrected chi connectivity index (χ1v) is 9.77. The van der Waals surface area contributed by atoms with Gasteiger partial charge in [-0.05, 0) is 44.3 Å². The molecule has 0 atom stereocenters. The summed E-state index contributed by atoms with van der Waals surface area (Å²) < 4.78 is 40.7. The van der Waals surface area contributed by atoms with Crippen molar-refractivity contribution in [3.05, 3.63) is 34.8 Å². The van der Waals surface area contributed by atoms with Gasteiger partial charge in [-0.1, -0.05) is 13.8 Å². The van der Waals surface area contributed by atoms with Gasteiger partial charge in [0.05, 0.1) is 5.69 Å². The molecule has 2 aromatic rings. The molecule has 0 saturated heterocycles. The van der Waals surface area contributed by atoms with E-state index in [2.05, 4.69) is 28.5 Å². The average Bonchev–Trinajstić information content (AvgIpc) is 3.02. The van der Waals surface area contributed by atoms with Crippen molar-refractivity contribution in [2.75, 3.05) is 33.2 Å². The van der Waals surface area contributed by atoms with Gasteiger partial charge >= 0.3 is 6.36 Å². The summed E-state index contributed by atoms with van der Waals surface area (Å²) >= 11 is 1.23. The normalized spacial score (nSPS) is 11.7. The van der Waals surface area contributed by atoms with Crippen molar-refractivity contribution in [1.29, 1.82) is 0 Å². The van der Waals surface area contributed by atoms with Crippen LogP contribution in [0.5, 0.6) is 5.75 Å². The van der Waals surface area contributed by atoms with Crippen molar-refractivity contribution < 1.29 is 22.7 Å². The van der Waals surface area contributed by atoms with Crippen molar-refractivity contribution in [2.24, 2.45) is 0 Å². The number of thiazole rings is 1. The molecule has 0 fully saturated rings. The predicted molar refractivity (Wildman–Crippen MR) is 104 cm³/mol. The molecule has 2 rings (SSSR count). The van der Waals surface area contributed by atoms with E-state index in [0.717, 1.165) is 19.6 Å². The standard InChI is InChI=1S/C19H24F3N3O2S/c1-5-25(6-2)12-11-24(4)18(26)16-13(3)23-17(28-16)14-7-9-15(10-8-14)27-19(20,21)22/h7-10H,5-6,11-12H2,1-4H3. The maximum Gasteiger partial charge on any atom is 0.573 e. The van der Waals surface area contributed by atoms with Gasteiger partial charge in [0.15, 0.2) is 0 Å². The van der Waals surface area contributed by atoms with Crippen LogP contribution in [0, 0.1) is 6.92 Å². The Balaban J connectivity index is 2.10. The molecule has 28 heavy (non-hydrogen) atoms. The molecule has 5 nitrogen and oxygen atoms in total. The molecule has 1 amide bonds. The fourth-order valence-corrected chi connectivity index (χ4v) is 3.69. The molecule has 0 spiro atoms. The highest BCUT2D eigenvalue weighted by Gasteiger charge is 2.31. The quantitative estimate of drug-likeness (QED) is 0.640. The number of aryl methyl sites for hydroxylation is 1. The molecule has 1 aromatic heterocycles. The third-order valence-electron chi connectivity index (χ3n) is 4.32. The number of carbonyl (C=O) groups excluding carboxylic acids is 1. The molecule has 1 heterocycles. The molecule has 0 saturated carbocycles. The van der Waals surface area contributed by atoms with Gasteiger partial charge in [0.2, 0.25) is 0 Å². The highest BCUT2D eigenvalue weighted by Crippen LogP contribution is 2.31. The second kappa shape index (κ2) is 9.38. The average molecular weight is 415 g/mol. The molecule has 0 aliphatic heterocycles. The number of ether oxygens (including phenoxy) is 1. The molecule has 154 valence electrons. The van der Waals surface area contributed by atoms with Crippen LogP contribution in [0.25, 0.3) is 10.6 Å². The van der Waals surface area contributed by atoms with E-state index in [1.807, 2.05) is 0 Å². The van der Waals surface area contributed by atoms with Crippen LogP contribution in [0.4, 0.5) is 13.2 Å². The number of likely N-dealkylation sites (N-methyl/N-ethyl adjacent to an activating group) is 2. The van der Waals surface area contributed by atoms with E-state index >= 15 is 0 Å². The summed E-state index contributed by atoms with van der Waals surface area (Å²) in [7, 11) is 1.76. The van der Waals surface area contributed by atoms with Gasteiger partial charge in [0.1, 0.15) is 15.6 Å². The highest BCUT2D eigenvalue weighted by molar-refractivity contribution is 7.17. The first-order chi connectivity index (χ1) is 13.1. The summed E-state index contributed by atoms with van der Waals surface area (Å²) in [4.78, 5) is 21.6. The molecule has 0 aliphatic carbocycles. The van der Waals surface area contributed by atoms with Gasteiger partial charge < -0.3 is 14.5 Å². The Morgan fingerprint density at radius 3 is 2.29 bits per heavy atom. The topological polar surface area (TPSA) is 45.7 Å². The zero-order chi connectivity index (χ0) is 20.9. The zero-order valence-corrected chi connectivity index (χ0v) is 17.2. The van der Waals surface area contributed by atoms with Gasteiger partial charge in [0.25, 0.3) is 5.91 Å². The first kappa shape index (κ1) is 22.2. The minimum absolute atomic E-state index is 0.106. The maximum absolute atomic E-state index is 12.7. The SMILES string of the molecule is CCN(CC)CCN(C)C(=O)c1sc(-c2ccc(OC(F)(F)F)cc2)nc1C. The second-order valence-electron chi connectivity index (χ2n) is 6.26. The Kier molecular flexibility index (Phi) is 7.42. The number of hydrogen-bond acceptors (Lipinski definition) is 5. The molecule has 1 aromatic carbocycles. The fraction of sp³-hybridized carbons (Fsp3) is 0.474. The van der Waals surface area contributed by atoms with Crippen LogP contribution in [0.3, 0.4) is 0 Å². The largest absolute Gasteiger partial charge is 0.573 e. The Labute approximate surface area is 166 Å². The summed E-state index contributed by atoms with van der Waals surface area (Å²) in [6, 6.07) is 5.46. The summed E-state index contributed by atoms with van der Waals surface area (Å²) in [6.45, 7) is 9.17. The third-order valence-corrected chi connectivity index (χ3v) is 5.51. The number of hydrogen-bond donors (Lipinski definition) is 0. The lowest BCUT2D eigenvalue weighted by Crippen LogP contribution is -2.36. The van der Waals surface area contributed by atoms with Gasteiger partial charge in [-0.2, -0.15) is 0 Å². The molecule has 0 unspecified atom stereocenters.